The Bertz CT molecular complexity index is 808. The van der Waals surface area contributed by atoms with Crippen LogP contribution in [0, 0.1) is 0 Å². The molecule has 122 valence electrons. The molecule has 5 nitrogen and oxygen atoms in total. The van der Waals surface area contributed by atoms with E-state index < -0.39 is 6.04 Å². The molecule has 5 heteroatoms. The van der Waals surface area contributed by atoms with Gasteiger partial charge in [0.15, 0.2) is 0 Å². The lowest BCUT2D eigenvalue weighted by atomic mass is 10.0. The zero-order valence-corrected chi connectivity index (χ0v) is 13.2. The summed E-state index contributed by atoms with van der Waals surface area (Å²) >= 11 is 0. The summed E-state index contributed by atoms with van der Waals surface area (Å²) in [5.74, 6) is -0.140. The number of amides is 1. The van der Waals surface area contributed by atoms with E-state index in [1.54, 1.807) is 31.2 Å². The van der Waals surface area contributed by atoms with E-state index in [4.69, 9.17) is 0 Å². The minimum absolute atomic E-state index is 0.00487. The number of aliphatic imine (C=N–C) groups is 1. The van der Waals surface area contributed by atoms with Crippen molar-refractivity contribution in [1.29, 1.82) is 0 Å². The highest BCUT2D eigenvalue weighted by Gasteiger charge is 2.33. The fraction of sp³-hybridized carbons (Fsp3) is 0.158. The fourth-order valence-corrected chi connectivity index (χ4v) is 2.71. The summed E-state index contributed by atoms with van der Waals surface area (Å²) in [4.78, 5) is 16.6. The largest absolute Gasteiger partial charge is 0.509 e. The zero-order valence-electron chi connectivity index (χ0n) is 13.2. The van der Waals surface area contributed by atoms with Crippen LogP contribution in [0.4, 0.5) is 5.69 Å². The number of nitrogens with zero attached hydrogens (tertiary/aromatic N) is 1. The van der Waals surface area contributed by atoms with Crippen LogP contribution in [0.5, 0.6) is 5.75 Å². The first-order valence-corrected chi connectivity index (χ1v) is 7.67. The standard InChI is InChI=1S/C19H18N2O3/c1-12(20-14-5-3-2-4-6-14)17-18(23)16(21-19(17)24)11-13-7-9-15(22)10-8-13/h2-10,16,22-23H,11H2,1H3,(H,21,24)/t16-/m0/s1. The van der Waals surface area contributed by atoms with Gasteiger partial charge in [-0.1, -0.05) is 30.3 Å². The van der Waals surface area contributed by atoms with Crippen molar-refractivity contribution in [2.24, 2.45) is 4.99 Å². The number of aliphatic hydroxyl groups is 1. The van der Waals surface area contributed by atoms with E-state index in [0.717, 1.165) is 11.3 Å². The van der Waals surface area contributed by atoms with E-state index in [-0.39, 0.29) is 23.0 Å². The molecule has 2 aromatic carbocycles. The van der Waals surface area contributed by atoms with Gasteiger partial charge in [0.1, 0.15) is 17.1 Å². The molecular formula is C19H18N2O3. The molecule has 1 aliphatic rings. The molecule has 0 unspecified atom stereocenters. The maximum absolute atomic E-state index is 12.2. The Balaban J connectivity index is 1.84. The molecule has 3 N–H and O–H groups in total. The van der Waals surface area contributed by atoms with Crippen LogP contribution in [0.2, 0.25) is 0 Å². The summed E-state index contributed by atoms with van der Waals surface area (Å²) in [7, 11) is 0. The second kappa shape index (κ2) is 6.58. The van der Waals surface area contributed by atoms with Crippen LogP contribution in [0.1, 0.15) is 12.5 Å². The molecule has 3 rings (SSSR count). The maximum Gasteiger partial charge on any atom is 0.257 e. The highest BCUT2D eigenvalue weighted by atomic mass is 16.3. The molecule has 0 fully saturated rings. The Morgan fingerprint density at radius 3 is 2.42 bits per heavy atom. The zero-order chi connectivity index (χ0) is 17.1. The van der Waals surface area contributed by atoms with Crippen LogP contribution in [0.15, 0.2) is 70.9 Å². The second-order valence-electron chi connectivity index (χ2n) is 5.69. The molecule has 0 saturated heterocycles. The number of phenolic OH excluding ortho intramolecular Hbond substituents is 1. The molecular weight excluding hydrogens is 304 g/mol. The van der Waals surface area contributed by atoms with Crippen molar-refractivity contribution in [3.05, 3.63) is 71.5 Å². The third kappa shape index (κ3) is 3.30. The average Bonchev–Trinajstić information content (AvgIpc) is 2.84. The molecule has 1 aliphatic heterocycles. The van der Waals surface area contributed by atoms with Gasteiger partial charge in [0.05, 0.1) is 17.4 Å². The molecule has 2 aromatic rings. The SMILES string of the molecule is CC(=Nc1ccccc1)C1=C(O)[C@H](Cc2ccc(O)cc2)NC1=O. The predicted molar refractivity (Wildman–Crippen MR) is 92.6 cm³/mol. The number of benzene rings is 2. The van der Waals surface area contributed by atoms with Crippen molar-refractivity contribution in [2.45, 2.75) is 19.4 Å². The Kier molecular flexibility index (Phi) is 4.33. The van der Waals surface area contributed by atoms with Crippen LogP contribution in [-0.4, -0.2) is 27.9 Å². The third-order valence-corrected chi connectivity index (χ3v) is 3.91. The maximum atomic E-state index is 12.2. The number of phenols is 1. The van der Waals surface area contributed by atoms with Crippen LogP contribution < -0.4 is 5.32 Å². The molecule has 0 radical (unpaired) electrons. The molecule has 24 heavy (non-hydrogen) atoms. The van der Waals surface area contributed by atoms with E-state index >= 15 is 0 Å². The van der Waals surface area contributed by atoms with E-state index in [2.05, 4.69) is 10.3 Å². The summed E-state index contributed by atoms with van der Waals surface area (Å²) in [6.45, 7) is 1.71. The Morgan fingerprint density at radius 2 is 1.75 bits per heavy atom. The van der Waals surface area contributed by atoms with Crippen molar-refractivity contribution in [2.75, 3.05) is 0 Å². The summed E-state index contributed by atoms with van der Waals surface area (Å²) < 4.78 is 0. The summed E-state index contributed by atoms with van der Waals surface area (Å²) in [5.41, 5.74) is 2.33. The fourth-order valence-electron chi connectivity index (χ4n) is 2.71. The number of rotatable bonds is 4. The normalized spacial score (nSPS) is 18.0. The minimum atomic E-state index is -0.488. The van der Waals surface area contributed by atoms with Gasteiger partial charge in [0, 0.05) is 0 Å². The molecule has 0 spiro atoms. The first-order chi connectivity index (χ1) is 11.5. The number of para-hydroxylation sites is 1. The van der Waals surface area contributed by atoms with Crippen molar-refractivity contribution < 1.29 is 15.0 Å². The lowest BCUT2D eigenvalue weighted by molar-refractivity contribution is -0.116. The van der Waals surface area contributed by atoms with E-state index in [1.165, 1.54) is 0 Å². The number of carbonyl (C=O) groups is 1. The van der Waals surface area contributed by atoms with Crippen LogP contribution in [0.25, 0.3) is 0 Å². The summed E-state index contributed by atoms with van der Waals surface area (Å²) in [6.07, 6.45) is 0.444. The van der Waals surface area contributed by atoms with Gasteiger partial charge in [0.25, 0.3) is 5.91 Å². The lowest BCUT2D eigenvalue weighted by Crippen LogP contribution is -2.31. The Morgan fingerprint density at radius 1 is 1.08 bits per heavy atom. The lowest BCUT2D eigenvalue weighted by Gasteiger charge is -2.11. The second-order valence-corrected chi connectivity index (χ2v) is 5.69. The van der Waals surface area contributed by atoms with Crippen molar-refractivity contribution in [1.82, 2.24) is 5.32 Å². The van der Waals surface area contributed by atoms with Gasteiger partial charge in [-0.15, -0.1) is 0 Å². The monoisotopic (exact) mass is 322 g/mol. The number of hydrogen-bond acceptors (Lipinski definition) is 4. The first kappa shape index (κ1) is 15.8. The summed E-state index contributed by atoms with van der Waals surface area (Å²) in [5, 5.41) is 22.5. The van der Waals surface area contributed by atoms with Crippen molar-refractivity contribution in [3.8, 4) is 5.75 Å². The van der Waals surface area contributed by atoms with Gasteiger partial charge in [-0.25, -0.2) is 0 Å². The smallest absolute Gasteiger partial charge is 0.257 e. The molecule has 0 saturated carbocycles. The topological polar surface area (TPSA) is 81.9 Å². The van der Waals surface area contributed by atoms with Crippen LogP contribution >= 0.6 is 0 Å². The minimum Gasteiger partial charge on any atom is -0.509 e. The van der Waals surface area contributed by atoms with Crippen molar-refractivity contribution >= 4 is 17.3 Å². The van der Waals surface area contributed by atoms with E-state index in [1.807, 2.05) is 30.3 Å². The number of aromatic hydroxyl groups is 1. The number of aliphatic hydroxyl groups excluding tert-OH is 1. The van der Waals surface area contributed by atoms with E-state index in [9.17, 15) is 15.0 Å². The van der Waals surface area contributed by atoms with E-state index in [0.29, 0.717) is 12.1 Å². The number of hydrogen-bond donors (Lipinski definition) is 3. The van der Waals surface area contributed by atoms with Crippen LogP contribution in [-0.2, 0) is 11.2 Å². The predicted octanol–water partition coefficient (Wildman–Crippen LogP) is 3.04. The molecule has 1 amide bonds. The van der Waals surface area contributed by atoms with Gasteiger partial charge in [0.2, 0.25) is 0 Å². The Hall–Kier alpha value is -3.08. The van der Waals surface area contributed by atoms with Gasteiger partial charge in [-0.2, -0.15) is 0 Å². The van der Waals surface area contributed by atoms with Crippen molar-refractivity contribution in [3.63, 3.8) is 0 Å². The average molecular weight is 322 g/mol. The molecule has 0 aromatic heterocycles. The van der Waals surface area contributed by atoms with Gasteiger partial charge >= 0.3 is 0 Å². The Labute approximate surface area is 140 Å². The molecule has 0 aliphatic carbocycles. The quantitative estimate of drug-likeness (QED) is 0.757. The first-order valence-electron chi connectivity index (χ1n) is 7.67. The van der Waals surface area contributed by atoms with Gasteiger partial charge < -0.3 is 15.5 Å². The molecule has 1 atom stereocenters. The third-order valence-electron chi connectivity index (χ3n) is 3.91. The van der Waals surface area contributed by atoms with Gasteiger partial charge in [-0.3, -0.25) is 9.79 Å². The number of nitrogens with one attached hydrogen (secondary N) is 1. The molecule has 1 heterocycles. The molecule has 0 bridgehead atoms. The number of carbonyl (C=O) groups excluding carboxylic acids is 1. The summed E-state index contributed by atoms with van der Waals surface area (Å²) in [6, 6.07) is 15.5. The highest BCUT2D eigenvalue weighted by molar-refractivity contribution is 6.23. The highest BCUT2D eigenvalue weighted by Crippen LogP contribution is 2.22. The van der Waals surface area contributed by atoms with Crippen LogP contribution in [0.3, 0.4) is 0 Å². The van der Waals surface area contributed by atoms with Gasteiger partial charge in [-0.05, 0) is 43.2 Å².